The van der Waals surface area contributed by atoms with Crippen molar-refractivity contribution in [3.8, 4) is 11.5 Å². The molecule has 37 heavy (non-hydrogen) atoms. The van der Waals surface area contributed by atoms with E-state index in [9.17, 15) is 18.0 Å². The van der Waals surface area contributed by atoms with Crippen LogP contribution in [-0.2, 0) is 26.2 Å². The minimum Gasteiger partial charge on any atom is -0.486 e. The molecule has 1 aliphatic rings. The van der Waals surface area contributed by atoms with E-state index in [2.05, 4.69) is 5.32 Å². The average Bonchev–Trinajstić information content (AvgIpc) is 2.87. The van der Waals surface area contributed by atoms with Crippen molar-refractivity contribution < 1.29 is 27.5 Å². The maximum absolute atomic E-state index is 13.8. The van der Waals surface area contributed by atoms with Crippen molar-refractivity contribution in [1.82, 2.24) is 10.2 Å². The molecule has 3 rings (SSSR count). The molecule has 2 aromatic carbocycles. The first kappa shape index (κ1) is 28.6. The van der Waals surface area contributed by atoms with Crippen LogP contribution in [0.2, 0.25) is 5.02 Å². The number of carbonyl (C=O) groups is 2. The maximum atomic E-state index is 13.8. The zero-order chi connectivity index (χ0) is 27.2. The lowest BCUT2D eigenvalue weighted by molar-refractivity contribution is -0.140. The van der Waals surface area contributed by atoms with E-state index in [1.165, 1.54) is 11.8 Å². The van der Waals surface area contributed by atoms with E-state index in [1.807, 2.05) is 13.8 Å². The van der Waals surface area contributed by atoms with E-state index in [4.69, 9.17) is 21.1 Å². The predicted molar refractivity (Wildman–Crippen MR) is 144 cm³/mol. The first-order valence-electron chi connectivity index (χ1n) is 12.3. The molecule has 11 heteroatoms. The SMILES string of the molecule is CC[C@@H](C(=O)NC(C)C)N(Cc1ccccc1Cl)C(=O)CN(c1ccc2c(c1)OCCO2)S(=O)(=O)CC. The van der Waals surface area contributed by atoms with Crippen LogP contribution < -0.4 is 19.1 Å². The second-order valence-electron chi connectivity index (χ2n) is 8.94. The number of ether oxygens (including phenoxy) is 2. The Labute approximate surface area is 223 Å². The summed E-state index contributed by atoms with van der Waals surface area (Å²) >= 11 is 6.38. The van der Waals surface area contributed by atoms with Crippen molar-refractivity contribution in [2.45, 2.75) is 52.7 Å². The number of fused-ring (bicyclic) bond motifs is 1. The van der Waals surface area contributed by atoms with Crippen molar-refractivity contribution in [3.05, 3.63) is 53.1 Å². The normalized spacial score (nSPS) is 13.7. The van der Waals surface area contributed by atoms with Gasteiger partial charge in [-0.2, -0.15) is 0 Å². The molecule has 0 aromatic heterocycles. The van der Waals surface area contributed by atoms with Crippen LogP contribution in [0.1, 0.15) is 39.7 Å². The van der Waals surface area contributed by atoms with Crippen molar-refractivity contribution >= 4 is 39.1 Å². The Morgan fingerprint density at radius 2 is 1.73 bits per heavy atom. The van der Waals surface area contributed by atoms with E-state index in [1.54, 1.807) is 49.4 Å². The average molecular weight is 552 g/mol. The first-order chi connectivity index (χ1) is 17.6. The summed E-state index contributed by atoms with van der Waals surface area (Å²) in [6, 6.07) is 10.9. The molecule has 0 fully saturated rings. The zero-order valence-electron chi connectivity index (χ0n) is 21.6. The predicted octanol–water partition coefficient (Wildman–Crippen LogP) is 3.60. The van der Waals surface area contributed by atoms with E-state index in [-0.39, 0.29) is 29.9 Å². The zero-order valence-corrected chi connectivity index (χ0v) is 23.1. The number of sulfonamides is 1. The Kier molecular flexibility index (Phi) is 9.67. The second-order valence-corrected chi connectivity index (χ2v) is 11.5. The van der Waals surface area contributed by atoms with Crippen LogP contribution in [0, 0.1) is 0 Å². The number of carbonyl (C=O) groups excluding carboxylic acids is 2. The van der Waals surface area contributed by atoms with E-state index in [0.717, 1.165) is 4.31 Å². The number of hydrogen-bond acceptors (Lipinski definition) is 6. The van der Waals surface area contributed by atoms with Gasteiger partial charge < -0.3 is 19.7 Å². The van der Waals surface area contributed by atoms with E-state index in [0.29, 0.717) is 41.7 Å². The van der Waals surface area contributed by atoms with Gasteiger partial charge in [0.1, 0.15) is 25.8 Å². The third-order valence-corrected chi connectivity index (χ3v) is 8.02. The van der Waals surface area contributed by atoms with Gasteiger partial charge in [0, 0.05) is 23.7 Å². The molecule has 1 atom stereocenters. The number of halogens is 1. The van der Waals surface area contributed by atoms with Gasteiger partial charge in [-0.1, -0.05) is 36.7 Å². The number of amides is 2. The van der Waals surface area contributed by atoms with Gasteiger partial charge in [-0.25, -0.2) is 8.42 Å². The highest BCUT2D eigenvalue weighted by molar-refractivity contribution is 7.92. The molecule has 0 saturated carbocycles. The molecular weight excluding hydrogens is 518 g/mol. The Hall–Kier alpha value is -2.98. The van der Waals surface area contributed by atoms with Crippen LogP contribution in [-0.4, -0.2) is 62.7 Å². The van der Waals surface area contributed by atoms with Crippen LogP contribution in [0.5, 0.6) is 11.5 Å². The molecule has 1 N–H and O–H groups in total. The van der Waals surface area contributed by atoms with Crippen LogP contribution in [0.15, 0.2) is 42.5 Å². The number of nitrogens with one attached hydrogen (secondary N) is 1. The molecule has 2 amide bonds. The van der Waals surface area contributed by atoms with Crippen molar-refractivity contribution in [3.63, 3.8) is 0 Å². The summed E-state index contributed by atoms with van der Waals surface area (Å²) in [5, 5.41) is 3.31. The standard InChI is InChI=1S/C26H34ClN3O6S/c1-5-22(26(32)28-18(3)4)29(16-19-9-7-8-10-21(19)27)25(31)17-30(37(33,34)6-2)20-11-12-23-24(15-20)36-14-13-35-23/h7-12,15,18,22H,5-6,13-14,16-17H2,1-4H3,(H,28,32)/t22-/m0/s1. The van der Waals surface area contributed by atoms with Gasteiger partial charge in [-0.3, -0.25) is 13.9 Å². The lowest BCUT2D eigenvalue weighted by atomic mass is 10.1. The summed E-state index contributed by atoms with van der Waals surface area (Å²) in [4.78, 5) is 28.3. The third-order valence-electron chi connectivity index (χ3n) is 5.91. The molecule has 0 saturated heterocycles. The smallest absolute Gasteiger partial charge is 0.244 e. The largest absolute Gasteiger partial charge is 0.486 e. The third kappa shape index (κ3) is 7.07. The summed E-state index contributed by atoms with van der Waals surface area (Å²) in [5.74, 6) is -0.153. The highest BCUT2D eigenvalue weighted by Gasteiger charge is 2.33. The van der Waals surface area contributed by atoms with Gasteiger partial charge in [-0.05, 0) is 51.0 Å². The highest BCUT2D eigenvalue weighted by Crippen LogP contribution is 2.35. The summed E-state index contributed by atoms with van der Waals surface area (Å²) in [6.45, 7) is 7.27. The van der Waals surface area contributed by atoms with Crippen LogP contribution >= 0.6 is 11.6 Å². The Morgan fingerprint density at radius 3 is 2.35 bits per heavy atom. The maximum Gasteiger partial charge on any atom is 0.244 e. The minimum absolute atomic E-state index is 0.0453. The minimum atomic E-state index is -3.86. The lowest BCUT2D eigenvalue weighted by Crippen LogP contribution is -2.53. The molecule has 0 aliphatic carbocycles. The monoisotopic (exact) mass is 551 g/mol. The van der Waals surface area contributed by atoms with Crippen LogP contribution in [0.3, 0.4) is 0 Å². The van der Waals surface area contributed by atoms with Crippen LogP contribution in [0.25, 0.3) is 0 Å². The second kappa shape index (κ2) is 12.5. The quantitative estimate of drug-likeness (QED) is 0.457. The summed E-state index contributed by atoms with van der Waals surface area (Å²) < 4.78 is 38.5. The highest BCUT2D eigenvalue weighted by atomic mass is 35.5. The molecule has 202 valence electrons. The summed E-state index contributed by atoms with van der Waals surface area (Å²) in [5.41, 5.74) is 0.925. The molecule has 1 heterocycles. The molecule has 9 nitrogen and oxygen atoms in total. The Morgan fingerprint density at radius 1 is 1.05 bits per heavy atom. The van der Waals surface area contributed by atoms with Gasteiger partial charge >= 0.3 is 0 Å². The fourth-order valence-corrected chi connectivity index (χ4v) is 5.27. The van der Waals surface area contributed by atoms with Crippen molar-refractivity contribution in [1.29, 1.82) is 0 Å². The molecule has 0 radical (unpaired) electrons. The van der Waals surface area contributed by atoms with Crippen molar-refractivity contribution in [2.24, 2.45) is 0 Å². The number of nitrogens with zero attached hydrogens (tertiary/aromatic N) is 2. The van der Waals surface area contributed by atoms with E-state index < -0.39 is 28.5 Å². The van der Waals surface area contributed by atoms with Crippen LogP contribution in [0.4, 0.5) is 5.69 Å². The van der Waals surface area contributed by atoms with E-state index >= 15 is 0 Å². The molecule has 0 spiro atoms. The summed E-state index contributed by atoms with van der Waals surface area (Å²) in [6.07, 6.45) is 0.333. The molecule has 1 aliphatic heterocycles. The summed E-state index contributed by atoms with van der Waals surface area (Å²) in [7, 11) is -3.86. The molecule has 2 aromatic rings. The first-order valence-corrected chi connectivity index (χ1v) is 14.3. The van der Waals surface area contributed by atoms with Gasteiger partial charge in [0.05, 0.1) is 11.4 Å². The van der Waals surface area contributed by atoms with Gasteiger partial charge in [0.15, 0.2) is 11.5 Å². The molecular formula is C26H34ClN3O6S. The van der Waals surface area contributed by atoms with Gasteiger partial charge in [-0.15, -0.1) is 0 Å². The topological polar surface area (TPSA) is 105 Å². The fraction of sp³-hybridized carbons (Fsp3) is 0.462. The van der Waals surface area contributed by atoms with Gasteiger partial charge in [0.25, 0.3) is 0 Å². The Balaban J connectivity index is 1.99. The molecule has 0 bridgehead atoms. The Bertz CT molecular complexity index is 1220. The van der Waals surface area contributed by atoms with Crippen molar-refractivity contribution in [2.75, 3.05) is 29.8 Å². The lowest BCUT2D eigenvalue weighted by Gasteiger charge is -2.33. The molecule has 0 unspecified atom stereocenters. The fourth-order valence-electron chi connectivity index (χ4n) is 4.02. The van der Waals surface area contributed by atoms with Gasteiger partial charge in [0.2, 0.25) is 21.8 Å². The number of benzene rings is 2. The number of rotatable bonds is 11. The number of hydrogen-bond donors (Lipinski definition) is 1. The number of anilines is 1.